The van der Waals surface area contributed by atoms with Gasteiger partial charge in [0.05, 0.1) is 6.61 Å². The first kappa shape index (κ1) is 8.93. The fourth-order valence-corrected chi connectivity index (χ4v) is 1.39. The second kappa shape index (κ2) is 3.49. The minimum Gasteiger partial charge on any atom is -0.392 e. The van der Waals surface area contributed by atoms with Crippen molar-refractivity contribution in [3.8, 4) is 0 Å². The van der Waals surface area contributed by atoms with Gasteiger partial charge in [0, 0.05) is 3.57 Å². The number of hydrogen-bond acceptors (Lipinski definition) is 1. The quantitative estimate of drug-likeness (QED) is 0.773. The molecule has 0 saturated carbocycles. The SMILES string of the molecule is Cc1cc(F)cc(CO)c1I. The van der Waals surface area contributed by atoms with Crippen LogP contribution in [0.5, 0.6) is 0 Å². The van der Waals surface area contributed by atoms with E-state index >= 15 is 0 Å². The second-order valence-corrected chi connectivity index (χ2v) is 3.43. The number of halogens is 2. The molecule has 0 bridgehead atoms. The second-order valence-electron chi connectivity index (χ2n) is 2.35. The van der Waals surface area contributed by atoms with Crippen LogP contribution >= 0.6 is 22.6 Å². The van der Waals surface area contributed by atoms with Crippen molar-refractivity contribution in [2.75, 3.05) is 0 Å². The lowest BCUT2D eigenvalue weighted by molar-refractivity contribution is 0.280. The molecule has 0 aliphatic rings. The molecule has 0 unspecified atom stereocenters. The summed E-state index contributed by atoms with van der Waals surface area (Å²) >= 11 is 2.09. The highest BCUT2D eigenvalue weighted by Gasteiger charge is 2.03. The van der Waals surface area contributed by atoms with E-state index in [1.165, 1.54) is 12.1 Å². The maximum Gasteiger partial charge on any atom is 0.123 e. The largest absolute Gasteiger partial charge is 0.392 e. The van der Waals surface area contributed by atoms with Crippen LogP contribution in [0.25, 0.3) is 0 Å². The Morgan fingerprint density at radius 2 is 2.18 bits per heavy atom. The van der Waals surface area contributed by atoms with Gasteiger partial charge in [0.2, 0.25) is 0 Å². The van der Waals surface area contributed by atoms with Crippen LogP contribution in [0.2, 0.25) is 0 Å². The predicted molar refractivity (Wildman–Crippen MR) is 49.8 cm³/mol. The summed E-state index contributed by atoms with van der Waals surface area (Å²) in [4.78, 5) is 0. The standard InChI is InChI=1S/C8H8FIO/c1-5-2-7(9)3-6(4-11)8(5)10/h2-3,11H,4H2,1H3. The lowest BCUT2D eigenvalue weighted by atomic mass is 10.1. The third kappa shape index (κ3) is 1.90. The number of aryl methyl sites for hydroxylation is 1. The Kier molecular flexibility index (Phi) is 2.84. The minimum absolute atomic E-state index is 0.100. The molecule has 0 atom stereocenters. The highest BCUT2D eigenvalue weighted by atomic mass is 127. The molecular formula is C8H8FIO. The van der Waals surface area contributed by atoms with E-state index in [1.807, 2.05) is 6.92 Å². The molecule has 0 spiro atoms. The van der Waals surface area contributed by atoms with Crippen LogP contribution in [0.1, 0.15) is 11.1 Å². The van der Waals surface area contributed by atoms with Crippen molar-refractivity contribution in [2.24, 2.45) is 0 Å². The lowest BCUT2D eigenvalue weighted by Crippen LogP contribution is -1.93. The smallest absolute Gasteiger partial charge is 0.123 e. The highest BCUT2D eigenvalue weighted by molar-refractivity contribution is 14.1. The molecule has 11 heavy (non-hydrogen) atoms. The molecule has 3 heteroatoms. The van der Waals surface area contributed by atoms with Crippen molar-refractivity contribution in [3.63, 3.8) is 0 Å². The Hall–Kier alpha value is -0.160. The molecule has 0 aliphatic heterocycles. The summed E-state index contributed by atoms with van der Waals surface area (Å²) in [6.45, 7) is 1.72. The van der Waals surface area contributed by atoms with Crippen LogP contribution in [-0.2, 0) is 6.61 Å². The Morgan fingerprint density at radius 3 is 2.73 bits per heavy atom. The first-order chi connectivity index (χ1) is 5.15. The maximum absolute atomic E-state index is 12.7. The van der Waals surface area contributed by atoms with Gasteiger partial charge in [0.25, 0.3) is 0 Å². The Labute approximate surface area is 78.4 Å². The van der Waals surface area contributed by atoms with Crippen LogP contribution in [0.3, 0.4) is 0 Å². The molecule has 1 aromatic carbocycles. The topological polar surface area (TPSA) is 20.2 Å². The van der Waals surface area contributed by atoms with Crippen LogP contribution in [0.4, 0.5) is 4.39 Å². The summed E-state index contributed by atoms with van der Waals surface area (Å²) < 4.78 is 13.6. The van der Waals surface area contributed by atoms with Crippen molar-refractivity contribution in [1.29, 1.82) is 0 Å². The number of hydrogen-bond donors (Lipinski definition) is 1. The van der Waals surface area contributed by atoms with E-state index in [4.69, 9.17) is 5.11 Å². The molecule has 60 valence electrons. The maximum atomic E-state index is 12.7. The fraction of sp³-hybridized carbons (Fsp3) is 0.250. The van der Waals surface area contributed by atoms with Gasteiger partial charge >= 0.3 is 0 Å². The molecule has 0 heterocycles. The monoisotopic (exact) mass is 266 g/mol. The average Bonchev–Trinajstić information content (AvgIpc) is 1.96. The molecule has 0 amide bonds. The third-order valence-corrected chi connectivity index (χ3v) is 3.01. The first-order valence-electron chi connectivity index (χ1n) is 3.20. The zero-order valence-corrected chi connectivity index (χ0v) is 8.22. The van der Waals surface area contributed by atoms with Crippen molar-refractivity contribution in [1.82, 2.24) is 0 Å². The molecule has 1 aromatic rings. The van der Waals surface area contributed by atoms with Gasteiger partial charge in [-0.3, -0.25) is 0 Å². The summed E-state index contributed by atoms with van der Waals surface area (Å²) in [6.07, 6.45) is 0. The minimum atomic E-state index is -0.285. The normalized spacial score (nSPS) is 10.2. The van der Waals surface area contributed by atoms with Crippen molar-refractivity contribution in [2.45, 2.75) is 13.5 Å². The average molecular weight is 266 g/mol. The van der Waals surface area contributed by atoms with Gasteiger partial charge in [0.15, 0.2) is 0 Å². The van der Waals surface area contributed by atoms with E-state index in [9.17, 15) is 4.39 Å². The fourth-order valence-electron chi connectivity index (χ4n) is 0.910. The number of benzene rings is 1. The van der Waals surface area contributed by atoms with Gasteiger partial charge in [-0.05, 0) is 52.8 Å². The molecule has 0 radical (unpaired) electrons. The van der Waals surface area contributed by atoms with Gasteiger partial charge < -0.3 is 5.11 Å². The lowest BCUT2D eigenvalue weighted by Gasteiger charge is -2.03. The molecule has 0 fully saturated rings. The van der Waals surface area contributed by atoms with Crippen LogP contribution < -0.4 is 0 Å². The van der Waals surface area contributed by atoms with Crippen LogP contribution in [0, 0.1) is 16.3 Å². The van der Waals surface area contributed by atoms with Gasteiger partial charge in [0.1, 0.15) is 5.82 Å². The van der Waals surface area contributed by atoms with Crippen molar-refractivity contribution < 1.29 is 9.50 Å². The summed E-state index contributed by atoms with van der Waals surface area (Å²) in [5, 5.41) is 8.80. The molecule has 1 rings (SSSR count). The third-order valence-electron chi connectivity index (χ3n) is 1.46. The summed E-state index contributed by atoms with van der Waals surface area (Å²) in [6, 6.07) is 2.82. The van der Waals surface area contributed by atoms with E-state index in [0.29, 0.717) is 5.56 Å². The van der Waals surface area contributed by atoms with Crippen molar-refractivity contribution >= 4 is 22.6 Å². The van der Waals surface area contributed by atoms with Gasteiger partial charge in [-0.1, -0.05) is 0 Å². The van der Waals surface area contributed by atoms with Gasteiger partial charge in [-0.25, -0.2) is 4.39 Å². The zero-order valence-electron chi connectivity index (χ0n) is 6.06. The number of aliphatic hydroxyl groups is 1. The summed E-state index contributed by atoms with van der Waals surface area (Å²) in [7, 11) is 0. The number of rotatable bonds is 1. The highest BCUT2D eigenvalue weighted by Crippen LogP contribution is 2.18. The Morgan fingerprint density at radius 1 is 1.55 bits per heavy atom. The first-order valence-corrected chi connectivity index (χ1v) is 4.28. The van der Waals surface area contributed by atoms with E-state index in [1.54, 1.807) is 0 Å². The molecule has 0 saturated heterocycles. The van der Waals surface area contributed by atoms with E-state index in [2.05, 4.69) is 22.6 Å². The molecule has 1 N–H and O–H groups in total. The predicted octanol–water partition coefficient (Wildman–Crippen LogP) is 2.23. The van der Waals surface area contributed by atoms with Gasteiger partial charge in [-0.15, -0.1) is 0 Å². The van der Waals surface area contributed by atoms with Crippen molar-refractivity contribution in [3.05, 3.63) is 32.6 Å². The summed E-state index contributed by atoms with van der Waals surface area (Å²) in [5.41, 5.74) is 1.53. The van der Waals surface area contributed by atoms with Crippen LogP contribution in [-0.4, -0.2) is 5.11 Å². The molecular weight excluding hydrogens is 258 g/mol. The molecule has 1 nitrogen and oxygen atoms in total. The van der Waals surface area contributed by atoms with E-state index < -0.39 is 0 Å². The number of aliphatic hydroxyl groups excluding tert-OH is 1. The van der Waals surface area contributed by atoms with E-state index in [0.717, 1.165) is 9.13 Å². The van der Waals surface area contributed by atoms with E-state index in [-0.39, 0.29) is 12.4 Å². The van der Waals surface area contributed by atoms with Gasteiger partial charge in [-0.2, -0.15) is 0 Å². The molecule has 0 aromatic heterocycles. The Bertz CT molecular complexity index is 273. The zero-order chi connectivity index (χ0) is 8.43. The molecule has 0 aliphatic carbocycles. The Balaban J connectivity index is 3.24. The van der Waals surface area contributed by atoms with Crippen LogP contribution in [0.15, 0.2) is 12.1 Å². The summed E-state index contributed by atoms with van der Waals surface area (Å²) in [5.74, 6) is -0.285.